The average Bonchev–Trinajstić information content (AvgIpc) is 2.64. The van der Waals surface area contributed by atoms with Gasteiger partial charge in [-0.25, -0.2) is 9.37 Å². The van der Waals surface area contributed by atoms with E-state index in [0.29, 0.717) is 23.0 Å². The molecule has 0 unspecified atom stereocenters. The van der Waals surface area contributed by atoms with E-state index in [-0.39, 0.29) is 11.9 Å². The van der Waals surface area contributed by atoms with Gasteiger partial charge in [0.1, 0.15) is 11.6 Å². The summed E-state index contributed by atoms with van der Waals surface area (Å²) < 4.78 is 14.6. The Kier molecular flexibility index (Phi) is 5.08. The van der Waals surface area contributed by atoms with Crippen molar-refractivity contribution in [3.8, 4) is 0 Å². The number of nitrogens with one attached hydrogen (secondary N) is 1. The van der Waals surface area contributed by atoms with Crippen LogP contribution in [-0.4, -0.2) is 53.3 Å². The molecule has 3 aromatic rings. The van der Waals surface area contributed by atoms with Crippen molar-refractivity contribution in [2.75, 3.05) is 37.4 Å². The molecule has 1 saturated heterocycles. The number of nitrogens with zero attached hydrogens (tertiary/aromatic N) is 5. The van der Waals surface area contributed by atoms with Gasteiger partial charge in [0.25, 0.3) is 0 Å². The van der Waals surface area contributed by atoms with E-state index in [2.05, 4.69) is 50.5 Å². The first-order chi connectivity index (χ1) is 13.8. The SMILES string of the molecule is Cc1cccc([C@@H](C)Nc2nnc(C)c3cnc(N4CC(N(C)C)C4)cc23)c1F. The fourth-order valence-electron chi connectivity index (χ4n) is 3.70. The Balaban J connectivity index is 1.66. The van der Waals surface area contributed by atoms with Crippen LogP contribution < -0.4 is 10.2 Å². The highest BCUT2D eigenvalue weighted by Crippen LogP contribution is 2.31. The predicted molar refractivity (Wildman–Crippen MR) is 115 cm³/mol. The van der Waals surface area contributed by atoms with E-state index in [1.54, 1.807) is 19.1 Å². The average molecular weight is 394 g/mol. The summed E-state index contributed by atoms with van der Waals surface area (Å²) in [6, 6.07) is 7.82. The van der Waals surface area contributed by atoms with Crippen molar-refractivity contribution in [3.63, 3.8) is 0 Å². The van der Waals surface area contributed by atoms with Crippen LogP contribution in [0.3, 0.4) is 0 Å². The Labute approximate surface area is 170 Å². The molecule has 1 atom stereocenters. The van der Waals surface area contributed by atoms with E-state index >= 15 is 0 Å². The highest BCUT2D eigenvalue weighted by molar-refractivity contribution is 5.94. The second kappa shape index (κ2) is 7.55. The number of hydrogen-bond acceptors (Lipinski definition) is 6. The molecule has 0 amide bonds. The van der Waals surface area contributed by atoms with E-state index in [0.717, 1.165) is 35.4 Å². The van der Waals surface area contributed by atoms with Gasteiger partial charge in [0.2, 0.25) is 0 Å². The van der Waals surface area contributed by atoms with Crippen LogP contribution in [0, 0.1) is 19.7 Å². The summed E-state index contributed by atoms with van der Waals surface area (Å²) in [6.07, 6.45) is 1.86. The summed E-state index contributed by atoms with van der Waals surface area (Å²) >= 11 is 0. The minimum atomic E-state index is -0.242. The molecular weight excluding hydrogens is 367 g/mol. The molecule has 1 aliphatic rings. The first kappa shape index (κ1) is 19.5. The lowest BCUT2D eigenvalue weighted by molar-refractivity contribution is 0.246. The second-order valence-electron chi connectivity index (χ2n) is 8.09. The summed E-state index contributed by atoms with van der Waals surface area (Å²) in [4.78, 5) is 9.13. The maximum absolute atomic E-state index is 14.6. The number of fused-ring (bicyclic) bond motifs is 1. The quantitative estimate of drug-likeness (QED) is 0.712. The molecule has 29 heavy (non-hydrogen) atoms. The van der Waals surface area contributed by atoms with Crippen molar-refractivity contribution < 1.29 is 4.39 Å². The third-order valence-corrected chi connectivity index (χ3v) is 5.79. The Morgan fingerprint density at radius 3 is 2.66 bits per heavy atom. The van der Waals surface area contributed by atoms with Gasteiger partial charge in [0.05, 0.1) is 11.7 Å². The number of rotatable bonds is 5. The van der Waals surface area contributed by atoms with Crippen molar-refractivity contribution in [3.05, 3.63) is 53.1 Å². The summed E-state index contributed by atoms with van der Waals surface area (Å²) in [5.74, 6) is 1.39. The fourth-order valence-corrected chi connectivity index (χ4v) is 3.70. The van der Waals surface area contributed by atoms with Gasteiger partial charge in [-0.15, -0.1) is 5.10 Å². The van der Waals surface area contributed by atoms with Gasteiger partial charge in [-0.3, -0.25) is 0 Å². The minimum absolute atomic E-state index is 0.186. The molecule has 1 aliphatic heterocycles. The maximum atomic E-state index is 14.6. The van der Waals surface area contributed by atoms with E-state index in [9.17, 15) is 4.39 Å². The number of anilines is 2. The number of halogens is 1. The first-order valence-electron chi connectivity index (χ1n) is 9.91. The highest BCUT2D eigenvalue weighted by atomic mass is 19.1. The second-order valence-corrected chi connectivity index (χ2v) is 8.09. The largest absolute Gasteiger partial charge is 0.361 e. The lowest BCUT2D eigenvalue weighted by Crippen LogP contribution is -2.57. The van der Waals surface area contributed by atoms with Crippen LogP contribution in [0.1, 0.15) is 29.8 Å². The van der Waals surface area contributed by atoms with Gasteiger partial charge in [-0.2, -0.15) is 5.10 Å². The van der Waals surface area contributed by atoms with Gasteiger partial charge >= 0.3 is 0 Å². The normalized spacial score (nSPS) is 15.6. The van der Waals surface area contributed by atoms with Crippen LogP contribution in [0.5, 0.6) is 0 Å². The number of aryl methyl sites for hydroxylation is 2. The molecule has 0 bridgehead atoms. The molecule has 1 fully saturated rings. The van der Waals surface area contributed by atoms with Gasteiger partial charge < -0.3 is 15.1 Å². The summed E-state index contributed by atoms with van der Waals surface area (Å²) in [6.45, 7) is 7.55. The topological polar surface area (TPSA) is 57.2 Å². The molecule has 6 nitrogen and oxygen atoms in total. The van der Waals surface area contributed by atoms with Crippen molar-refractivity contribution >= 4 is 22.4 Å². The van der Waals surface area contributed by atoms with Crippen LogP contribution in [0.4, 0.5) is 16.0 Å². The van der Waals surface area contributed by atoms with E-state index < -0.39 is 0 Å². The number of benzene rings is 1. The molecule has 2 aromatic heterocycles. The molecule has 7 heteroatoms. The lowest BCUT2D eigenvalue weighted by Gasteiger charge is -2.43. The number of pyridine rings is 1. The maximum Gasteiger partial charge on any atom is 0.157 e. The summed E-state index contributed by atoms with van der Waals surface area (Å²) in [7, 11) is 4.20. The van der Waals surface area contributed by atoms with E-state index in [1.165, 1.54) is 0 Å². The predicted octanol–water partition coefficient (Wildman–Crippen LogP) is 3.70. The Bertz CT molecular complexity index is 1040. The van der Waals surface area contributed by atoms with E-state index in [1.807, 2.05) is 26.1 Å². The van der Waals surface area contributed by atoms with Gasteiger partial charge in [-0.05, 0) is 46.5 Å². The Morgan fingerprint density at radius 2 is 1.93 bits per heavy atom. The molecule has 1 N–H and O–H groups in total. The number of hydrogen-bond donors (Lipinski definition) is 1. The third kappa shape index (κ3) is 3.62. The Morgan fingerprint density at radius 1 is 1.17 bits per heavy atom. The number of likely N-dealkylation sites (N-methyl/N-ethyl adjacent to an activating group) is 1. The molecule has 0 spiro atoms. The van der Waals surface area contributed by atoms with Crippen molar-refractivity contribution in [2.24, 2.45) is 0 Å². The van der Waals surface area contributed by atoms with Gasteiger partial charge in [0, 0.05) is 41.7 Å². The zero-order chi connectivity index (χ0) is 20.7. The molecule has 0 aliphatic carbocycles. The van der Waals surface area contributed by atoms with Crippen LogP contribution in [0.2, 0.25) is 0 Å². The molecule has 0 saturated carbocycles. The molecule has 1 aromatic carbocycles. The van der Waals surface area contributed by atoms with Gasteiger partial charge in [0.15, 0.2) is 5.82 Å². The smallest absolute Gasteiger partial charge is 0.157 e. The highest BCUT2D eigenvalue weighted by Gasteiger charge is 2.29. The molecule has 152 valence electrons. The standard InChI is InChI=1S/C22H27FN6/c1-13-7-6-8-17(21(13)23)14(2)25-22-18-9-20(29-11-16(12-29)28(4)5)24-10-19(18)15(3)26-27-22/h6-10,14,16H,11-12H2,1-5H3,(H,25,27)/t14-/m1/s1. The van der Waals surface area contributed by atoms with Crippen molar-refractivity contribution in [1.82, 2.24) is 20.1 Å². The van der Waals surface area contributed by atoms with Crippen LogP contribution in [0.25, 0.3) is 10.8 Å². The molecule has 3 heterocycles. The first-order valence-corrected chi connectivity index (χ1v) is 9.91. The summed E-state index contributed by atoms with van der Waals surface area (Å²) in [5, 5.41) is 13.9. The zero-order valence-electron chi connectivity index (χ0n) is 17.6. The van der Waals surface area contributed by atoms with Crippen LogP contribution in [-0.2, 0) is 0 Å². The van der Waals surface area contributed by atoms with Gasteiger partial charge in [-0.1, -0.05) is 18.2 Å². The minimum Gasteiger partial charge on any atom is -0.361 e. The monoisotopic (exact) mass is 394 g/mol. The Hall–Kier alpha value is -2.80. The summed E-state index contributed by atoms with van der Waals surface area (Å²) in [5.41, 5.74) is 2.08. The van der Waals surface area contributed by atoms with E-state index in [4.69, 9.17) is 0 Å². The lowest BCUT2D eigenvalue weighted by atomic mass is 10.0. The van der Waals surface area contributed by atoms with Crippen molar-refractivity contribution in [2.45, 2.75) is 32.9 Å². The fraction of sp³-hybridized carbons (Fsp3) is 0.409. The van der Waals surface area contributed by atoms with Crippen LogP contribution >= 0.6 is 0 Å². The zero-order valence-corrected chi connectivity index (χ0v) is 17.6. The third-order valence-electron chi connectivity index (χ3n) is 5.79. The number of aromatic nitrogens is 3. The molecular formula is C22H27FN6. The van der Waals surface area contributed by atoms with Crippen molar-refractivity contribution in [1.29, 1.82) is 0 Å². The van der Waals surface area contributed by atoms with Crippen LogP contribution in [0.15, 0.2) is 30.5 Å². The molecule has 0 radical (unpaired) electrons. The molecule has 4 rings (SSSR count).